The Balaban J connectivity index is 1.54. The maximum absolute atomic E-state index is 13.7. The summed E-state index contributed by atoms with van der Waals surface area (Å²) in [5.41, 5.74) is 1.91. The van der Waals surface area contributed by atoms with Gasteiger partial charge in [0.05, 0.1) is 17.7 Å². The third-order valence-corrected chi connectivity index (χ3v) is 4.28. The first-order valence-electron chi connectivity index (χ1n) is 8.95. The molecule has 2 aromatic carbocycles. The second kappa shape index (κ2) is 9.12. The Hall–Kier alpha value is -2.51. The Morgan fingerprint density at radius 3 is 2.89 bits per heavy atom. The van der Waals surface area contributed by atoms with Crippen LogP contribution in [-0.2, 0) is 17.8 Å². The van der Waals surface area contributed by atoms with E-state index in [-0.39, 0.29) is 24.7 Å². The van der Waals surface area contributed by atoms with Gasteiger partial charge in [-0.25, -0.2) is 9.18 Å². The number of halogens is 2. The van der Waals surface area contributed by atoms with Crippen LogP contribution in [0, 0.1) is 5.82 Å². The van der Waals surface area contributed by atoms with E-state index in [1.165, 1.54) is 12.1 Å². The molecule has 0 fully saturated rings. The molecule has 1 heterocycles. The van der Waals surface area contributed by atoms with Crippen LogP contribution in [0.5, 0.6) is 11.5 Å². The number of carbonyl (C=O) groups is 1. The first kappa shape index (κ1) is 20.2. The van der Waals surface area contributed by atoms with Crippen molar-refractivity contribution in [2.24, 2.45) is 0 Å². The van der Waals surface area contributed by atoms with E-state index in [1.54, 1.807) is 18.2 Å². The highest BCUT2D eigenvalue weighted by molar-refractivity contribution is 6.32. The molecular weight excluding hydrogens is 387 g/mol. The van der Waals surface area contributed by atoms with Crippen LogP contribution in [0.2, 0.25) is 5.02 Å². The summed E-state index contributed by atoms with van der Waals surface area (Å²) in [6.45, 7) is 4.57. The highest BCUT2D eigenvalue weighted by atomic mass is 35.5. The van der Waals surface area contributed by atoms with Crippen LogP contribution in [-0.4, -0.2) is 25.5 Å². The molecule has 0 aliphatic carbocycles. The highest BCUT2D eigenvalue weighted by Gasteiger charge is 2.17. The molecular formula is C20H22ClFN2O4. The molecule has 0 saturated carbocycles. The average molecular weight is 409 g/mol. The summed E-state index contributed by atoms with van der Waals surface area (Å²) < 4.78 is 29.9. The molecule has 0 bridgehead atoms. The van der Waals surface area contributed by atoms with Gasteiger partial charge in [-0.2, -0.15) is 0 Å². The van der Waals surface area contributed by atoms with Crippen LogP contribution in [0.3, 0.4) is 0 Å². The minimum Gasteiger partial charge on any atom is -0.489 e. The van der Waals surface area contributed by atoms with Crippen molar-refractivity contribution in [3.63, 3.8) is 0 Å². The van der Waals surface area contributed by atoms with Crippen LogP contribution in [0.1, 0.15) is 25.0 Å². The molecule has 1 aliphatic rings. The number of rotatable bonds is 6. The molecule has 0 saturated heterocycles. The number of fused-ring (bicyclic) bond motifs is 1. The van der Waals surface area contributed by atoms with E-state index in [9.17, 15) is 9.18 Å². The number of hydrogen-bond donors (Lipinski definition) is 2. The number of carbonyl (C=O) groups excluding carboxylic acids is 1. The lowest BCUT2D eigenvalue weighted by molar-refractivity contribution is -0.0172. The molecule has 0 spiro atoms. The van der Waals surface area contributed by atoms with Crippen LogP contribution in [0.25, 0.3) is 0 Å². The molecule has 2 N–H and O–H groups in total. The fourth-order valence-corrected chi connectivity index (χ4v) is 3.08. The zero-order valence-corrected chi connectivity index (χ0v) is 16.4. The fourth-order valence-electron chi connectivity index (χ4n) is 2.86. The van der Waals surface area contributed by atoms with Gasteiger partial charge in [-0.05, 0) is 56.2 Å². The van der Waals surface area contributed by atoms with Gasteiger partial charge in [0.2, 0.25) is 0 Å². The van der Waals surface area contributed by atoms with Crippen molar-refractivity contribution in [3.8, 4) is 11.5 Å². The fraction of sp³-hybridized carbons (Fsp3) is 0.350. The number of benzene rings is 2. The molecule has 0 radical (unpaired) electrons. The van der Waals surface area contributed by atoms with Gasteiger partial charge in [-0.15, -0.1) is 0 Å². The van der Waals surface area contributed by atoms with Gasteiger partial charge in [0.15, 0.2) is 6.79 Å². The Bertz CT molecular complexity index is 860. The van der Waals surface area contributed by atoms with E-state index >= 15 is 0 Å². The number of amides is 2. The largest absolute Gasteiger partial charge is 0.489 e. The summed E-state index contributed by atoms with van der Waals surface area (Å²) in [5.74, 6) is 0.829. The first-order valence-corrected chi connectivity index (χ1v) is 9.33. The zero-order valence-electron chi connectivity index (χ0n) is 15.7. The molecule has 150 valence electrons. The van der Waals surface area contributed by atoms with E-state index in [0.29, 0.717) is 52.9 Å². The molecule has 2 aromatic rings. The number of anilines is 1. The van der Waals surface area contributed by atoms with Crippen LogP contribution in [0.15, 0.2) is 30.3 Å². The maximum atomic E-state index is 13.7. The third kappa shape index (κ3) is 5.27. The van der Waals surface area contributed by atoms with Crippen molar-refractivity contribution >= 4 is 23.3 Å². The summed E-state index contributed by atoms with van der Waals surface area (Å²) in [5, 5.41) is 5.86. The first-order chi connectivity index (χ1) is 13.4. The van der Waals surface area contributed by atoms with Gasteiger partial charge in [0, 0.05) is 17.8 Å². The number of hydrogen-bond acceptors (Lipinski definition) is 4. The molecule has 0 aromatic heterocycles. The third-order valence-electron chi connectivity index (χ3n) is 3.98. The molecule has 3 rings (SSSR count). The van der Waals surface area contributed by atoms with Gasteiger partial charge >= 0.3 is 6.03 Å². The van der Waals surface area contributed by atoms with E-state index in [0.717, 1.165) is 0 Å². The minimum atomic E-state index is -0.386. The molecule has 0 atom stereocenters. The lowest BCUT2D eigenvalue weighted by atomic mass is 10.1. The smallest absolute Gasteiger partial charge is 0.319 e. The van der Waals surface area contributed by atoms with Crippen LogP contribution < -0.4 is 20.1 Å². The summed E-state index contributed by atoms with van der Waals surface area (Å²) in [6.07, 6.45) is 0.429. The Morgan fingerprint density at radius 1 is 1.32 bits per heavy atom. The molecule has 2 amide bonds. The molecule has 6 nitrogen and oxygen atoms in total. The topological polar surface area (TPSA) is 68.8 Å². The van der Waals surface area contributed by atoms with Gasteiger partial charge < -0.3 is 24.8 Å². The summed E-state index contributed by atoms with van der Waals surface area (Å²) in [4.78, 5) is 12.1. The predicted octanol–water partition coefficient (Wildman–Crippen LogP) is 4.50. The quantitative estimate of drug-likeness (QED) is 0.738. The van der Waals surface area contributed by atoms with Crippen molar-refractivity contribution in [1.82, 2.24) is 5.32 Å². The van der Waals surface area contributed by atoms with Gasteiger partial charge in [0.25, 0.3) is 0 Å². The van der Waals surface area contributed by atoms with Crippen molar-refractivity contribution in [3.05, 3.63) is 52.3 Å². The monoisotopic (exact) mass is 408 g/mol. The van der Waals surface area contributed by atoms with E-state index < -0.39 is 0 Å². The number of nitrogens with one attached hydrogen (secondary N) is 2. The zero-order chi connectivity index (χ0) is 20.1. The Labute approximate surface area is 167 Å². The van der Waals surface area contributed by atoms with Crippen molar-refractivity contribution < 1.29 is 23.4 Å². The van der Waals surface area contributed by atoms with E-state index in [1.807, 2.05) is 13.8 Å². The average Bonchev–Trinajstić information content (AvgIpc) is 2.63. The molecule has 8 heteroatoms. The SMILES string of the molecule is CC(C)Oc1ccc(NC(=O)NCCc2cc(F)cc3c2OCOC3)cc1Cl. The normalized spacial score (nSPS) is 12.9. The number of urea groups is 1. The highest BCUT2D eigenvalue weighted by Crippen LogP contribution is 2.30. The Kier molecular flexibility index (Phi) is 6.59. The summed E-state index contributed by atoms with van der Waals surface area (Å²) >= 11 is 6.17. The van der Waals surface area contributed by atoms with Gasteiger partial charge in [-0.3, -0.25) is 0 Å². The summed E-state index contributed by atoms with van der Waals surface area (Å²) in [7, 11) is 0. The van der Waals surface area contributed by atoms with Gasteiger partial charge in [0.1, 0.15) is 17.3 Å². The van der Waals surface area contributed by atoms with Crippen molar-refractivity contribution in [1.29, 1.82) is 0 Å². The predicted molar refractivity (Wildman–Crippen MR) is 105 cm³/mol. The number of ether oxygens (including phenoxy) is 3. The standard InChI is InChI=1S/C20H22ClFN2O4/c1-12(2)28-18-4-3-16(9-17(18)21)24-20(25)23-6-5-13-7-15(22)8-14-10-26-11-27-19(13)14/h3-4,7-9,12H,5-6,10-11H2,1-2H3,(H2,23,24,25). The van der Waals surface area contributed by atoms with Crippen molar-refractivity contribution in [2.45, 2.75) is 33.0 Å². The Morgan fingerprint density at radius 2 is 2.14 bits per heavy atom. The minimum absolute atomic E-state index is 0.00344. The second-order valence-electron chi connectivity index (χ2n) is 6.61. The van der Waals surface area contributed by atoms with E-state index in [4.69, 9.17) is 25.8 Å². The lowest BCUT2D eigenvalue weighted by Crippen LogP contribution is -2.30. The van der Waals surface area contributed by atoms with Crippen LogP contribution in [0.4, 0.5) is 14.9 Å². The summed E-state index contributed by atoms with van der Waals surface area (Å²) in [6, 6.07) is 7.46. The molecule has 1 aliphatic heterocycles. The van der Waals surface area contributed by atoms with Crippen molar-refractivity contribution in [2.75, 3.05) is 18.7 Å². The molecule has 28 heavy (non-hydrogen) atoms. The molecule has 0 unspecified atom stereocenters. The van der Waals surface area contributed by atoms with E-state index in [2.05, 4.69) is 10.6 Å². The lowest BCUT2D eigenvalue weighted by Gasteiger charge is -2.21. The second-order valence-corrected chi connectivity index (χ2v) is 7.01. The van der Waals surface area contributed by atoms with Gasteiger partial charge in [-0.1, -0.05) is 11.6 Å². The van der Waals surface area contributed by atoms with Crippen LogP contribution >= 0.6 is 11.6 Å². The maximum Gasteiger partial charge on any atom is 0.319 e.